The molecule has 0 atom stereocenters. The van der Waals surface area contributed by atoms with Gasteiger partial charge in [-0.1, -0.05) is 30.3 Å². The summed E-state index contributed by atoms with van der Waals surface area (Å²) in [7, 11) is 0. The Morgan fingerprint density at radius 3 is 2.39 bits per heavy atom. The minimum atomic E-state index is -3.39. The second-order valence-corrected chi connectivity index (χ2v) is 3.70. The van der Waals surface area contributed by atoms with Crippen molar-refractivity contribution in [3.05, 3.63) is 47.2 Å². The fraction of sp³-hybridized carbons (Fsp3) is 0.308. The van der Waals surface area contributed by atoms with Crippen LogP contribution in [0.2, 0.25) is 0 Å². The highest BCUT2D eigenvalue weighted by Gasteiger charge is 2.37. The second kappa shape index (κ2) is 5.62. The third-order valence-electron chi connectivity index (χ3n) is 2.46. The first kappa shape index (κ1) is 14.2. The SMILES string of the molecule is CCOC(=O)/C(C)=C(\N)C(F)(F)c1ccccc1. The molecule has 0 fully saturated rings. The number of allylic oxidation sites excluding steroid dienone is 1. The summed E-state index contributed by atoms with van der Waals surface area (Å²) < 4.78 is 32.7. The predicted octanol–water partition coefficient (Wildman–Crippen LogP) is 2.57. The molecule has 0 saturated heterocycles. The Balaban J connectivity index is 3.12. The number of carbonyl (C=O) groups excluding carboxylic acids is 1. The molecule has 0 radical (unpaired) electrons. The average Bonchev–Trinajstić information content (AvgIpc) is 2.38. The molecule has 0 aliphatic heterocycles. The van der Waals surface area contributed by atoms with Crippen LogP contribution in [0, 0.1) is 0 Å². The van der Waals surface area contributed by atoms with Crippen LogP contribution in [0.25, 0.3) is 0 Å². The molecule has 18 heavy (non-hydrogen) atoms. The van der Waals surface area contributed by atoms with E-state index >= 15 is 0 Å². The van der Waals surface area contributed by atoms with E-state index < -0.39 is 17.6 Å². The molecule has 0 saturated carbocycles. The average molecular weight is 255 g/mol. The van der Waals surface area contributed by atoms with E-state index in [1.165, 1.54) is 31.2 Å². The normalized spacial score (nSPS) is 12.9. The number of ether oxygens (including phenoxy) is 1. The van der Waals surface area contributed by atoms with Crippen LogP contribution in [0.1, 0.15) is 19.4 Å². The summed E-state index contributed by atoms with van der Waals surface area (Å²) >= 11 is 0. The third kappa shape index (κ3) is 2.85. The molecule has 5 heteroatoms. The molecule has 98 valence electrons. The van der Waals surface area contributed by atoms with Crippen LogP contribution in [0.4, 0.5) is 8.78 Å². The Morgan fingerprint density at radius 2 is 1.89 bits per heavy atom. The fourth-order valence-corrected chi connectivity index (χ4v) is 1.39. The summed E-state index contributed by atoms with van der Waals surface area (Å²) in [6.45, 7) is 2.93. The van der Waals surface area contributed by atoms with Crippen molar-refractivity contribution in [1.29, 1.82) is 0 Å². The Morgan fingerprint density at radius 1 is 1.33 bits per heavy atom. The van der Waals surface area contributed by atoms with Gasteiger partial charge >= 0.3 is 11.9 Å². The first-order valence-corrected chi connectivity index (χ1v) is 5.48. The molecule has 3 nitrogen and oxygen atoms in total. The van der Waals surface area contributed by atoms with Gasteiger partial charge in [0.15, 0.2) is 0 Å². The molecule has 0 aliphatic carbocycles. The van der Waals surface area contributed by atoms with E-state index in [0.29, 0.717) is 0 Å². The summed E-state index contributed by atoms with van der Waals surface area (Å²) in [4.78, 5) is 11.4. The molecule has 1 aromatic rings. The monoisotopic (exact) mass is 255 g/mol. The first-order valence-electron chi connectivity index (χ1n) is 5.48. The minimum Gasteiger partial charge on any atom is -0.463 e. The molecular weight excluding hydrogens is 240 g/mol. The zero-order chi connectivity index (χ0) is 13.8. The van der Waals surface area contributed by atoms with Crippen LogP contribution in [0.5, 0.6) is 0 Å². The molecule has 0 unspecified atom stereocenters. The van der Waals surface area contributed by atoms with Gasteiger partial charge in [0.25, 0.3) is 0 Å². The number of hydrogen-bond acceptors (Lipinski definition) is 3. The zero-order valence-electron chi connectivity index (χ0n) is 10.2. The lowest BCUT2D eigenvalue weighted by Crippen LogP contribution is -2.26. The standard InChI is InChI=1S/C13H15F2NO2/c1-3-18-12(17)9(2)11(16)13(14,15)10-7-5-4-6-8-10/h4-8H,3,16H2,1-2H3/b11-9-. The number of esters is 1. The summed E-state index contributed by atoms with van der Waals surface area (Å²) in [5.41, 5.74) is 4.07. The van der Waals surface area contributed by atoms with Crippen molar-refractivity contribution in [2.45, 2.75) is 19.8 Å². The van der Waals surface area contributed by atoms with Crippen LogP contribution >= 0.6 is 0 Å². The van der Waals surface area contributed by atoms with Crippen molar-refractivity contribution < 1.29 is 18.3 Å². The predicted molar refractivity (Wildman–Crippen MR) is 63.9 cm³/mol. The van der Waals surface area contributed by atoms with Crippen molar-refractivity contribution >= 4 is 5.97 Å². The lowest BCUT2D eigenvalue weighted by atomic mass is 10.0. The van der Waals surface area contributed by atoms with E-state index in [9.17, 15) is 13.6 Å². The number of alkyl halides is 2. The largest absolute Gasteiger partial charge is 0.463 e. The first-order chi connectivity index (χ1) is 8.41. The quantitative estimate of drug-likeness (QED) is 0.664. The van der Waals surface area contributed by atoms with Gasteiger partial charge < -0.3 is 10.5 Å². The molecule has 1 rings (SSSR count). The molecule has 2 N–H and O–H groups in total. The third-order valence-corrected chi connectivity index (χ3v) is 2.46. The van der Waals surface area contributed by atoms with Crippen LogP contribution < -0.4 is 5.73 Å². The van der Waals surface area contributed by atoms with Crippen LogP contribution in [0.3, 0.4) is 0 Å². The van der Waals surface area contributed by atoms with Crippen molar-refractivity contribution in [2.24, 2.45) is 5.73 Å². The van der Waals surface area contributed by atoms with Gasteiger partial charge in [-0.25, -0.2) is 4.79 Å². The molecule has 0 heterocycles. The molecule has 1 aromatic carbocycles. The van der Waals surface area contributed by atoms with E-state index in [1.807, 2.05) is 0 Å². The number of carbonyl (C=O) groups is 1. The molecule has 0 amide bonds. The number of nitrogens with two attached hydrogens (primary N) is 1. The molecule has 0 aliphatic rings. The highest BCUT2D eigenvalue weighted by atomic mass is 19.3. The van der Waals surface area contributed by atoms with Crippen LogP contribution in [-0.2, 0) is 15.5 Å². The second-order valence-electron chi connectivity index (χ2n) is 3.70. The van der Waals surface area contributed by atoms with Gasteiger partial charge in [0.05, 0.1) is 17.9 Å². The lowest BCUT2D eigenvalue weighted by molar-refractivity contribution is -0.138. The maximum Gasteiger partial charge on any atom is 0.335 e. The molecular formula is C13H15F2NO2. The fourth-order valence-electron chi connectivity index (χ4n) is 1.39. The Kier molecular flexibility index (Phi) is 4.42. The Hall–Kier alpha value is -1.91. The van der Waals surface area contributed by atoms with E-state index in [0.717, 1.165) is 0 Å². The van der Waals surface area contributed by atoms with Gasteiger partial charge in [0.2, 0.25) is 0 Å². The van der Waals surface area contributed by atoms with Crippen LogP contribution in [-0.4, -0.2) is 12.6 Å². The number of rotatable bonds is 4. The molecule has 0 aromatic heterocycles. The van der Waals surface area contributed by atoms with Crippen molar-refractivity contribution in [3.63, 3.8) is 0 Å². The topological polar surface area (TPSA) is 52.3 Å². The summed E-state index contributed by atoms with van der Waals surface area (Å²) in [5, 5.41) is 0. The number of benzene rings is 1. The van der Waals surface area contributed by atoms with Crippen LogP contribution in [0.15, 0.2) is 41.6 Å². The summed E-state index contributed by atoms with van der Waals surface area (Å²) in [5.74, 6) is -4.22. The lowest BCUT2D eigenvalue weighted by Gasteiger charge is -2.19. The van der Waals surface area contributed by atoms with E-state index in [1.54, 1.807) is 13.0 Å². The maximum absolute atomic E-state index is 14.0. The van der Waals surface area contributed by atoms with Gasteiger partial charge in [-0.3, -0.25) is 0 Å². The maximum atomic E-state index is 14.0. The van der Waals surface area contributed by atoms with Gasteiger partial charge in [0.1, 0.15) is 0 Å². The van der Waals surface area contributed by atoms with E-state index in [-0.39, 0.29) is 17.7 Å². The van der Waals surface area contributed by atoms with Gasteiger partial charge in [0, 0.05) is 5.56 Å². The Labute approximate surface area is 104 Å². The van der Waals surface area contributed by atoms with Gasteiger partial charge in [-0.05, 0) is 13.8 Å². The molecule has 0 spiro atoms. The highest BCUT2D eigenvalue weighted by molar-refractivity contribution is 5.88. The summed E-state index contributed by atoms with van der Waals surface area (Å²) in [6.07, 6.45) is 0. The number of halogens is 2. The molecule has 0 bridgehead atoms. The number of hydrogen-bond donors (Lipinski definition) is 1. The Bertz CT molecular complexity index is 455. The van der Waals surface area contributed by atoms with Crippen molar-refractivity contribution in [3.8, 4) is 0 Å². The summed E-state index contributed by atoms with van der Waals surface area (Å²) in [6, 6.07) is 7.10. The smallest absolute Gasteiger partial charge is 0.335 e. The highest BCUT2D eigenvalue weighted by Crippen LogP contribution is 2.34. The zero-order valence-corrected chi connectivity index (χ0v) is 10.2. The van der Waals surface area contributed by atoms with Crippen molar-refractivity contribution in [2.75, 3.05) is 6.61 Å². The van der Waals surface area contributed by atoms with Crippen molar-refractivity contribution in [1.82, 2.24) is 0 Å². The van der Waals surface area contributed by atoms with Gasteiger partial charge in [-0.15, -0.1) is 0 Å². The van der Waals surface area contributed by atoms with E-state index in [4.69, 9.17) is 5.73 Å². The minimum absolute atomic E-state index is 0.111. The van der Waals surface area contributed by atoms with E-state index in [2.05, 4.69) is 4.74 Å². The van der Waals surface area contributed by atoms with Gasteiger partial charge in [-0.2, -0.15) is 8.78 Å².